The van der Waals surface area contributed by atoms with Crippen molar-refractivity contribution in [2.45, 2.75) is 34.1 Å². The number of rotatable bonds is 4. The van der Waals surface area contributed by atoms with Gasteiger partial charge in [-0.25, -0.2) is 0 Å². The van der Waals surface area contributed by atoms with Crippen LogP contribution >= 0.6 is 0 Å². The van der Waals surface area contributed by atoms with Crippen molar-refractivity contribution >= 4 is 12.3 Å². The lowest BCUT2D eigenvalue weighted by Gasteiger charge is -2.36. The molecule has 12 heavy (non-hydrogen) atoms. The molecule has 0 saturated carbocycles. The SMILES string of the molecule is CC(C)(CC=O)C(C)(C)C(=O)O. The van der Waals surface area contributed by atoms with Crippen molar-refractivity contribution in [2.24, 2.45) is 10.8 Å². The molecule has 70 valence electrons. The third kappa shape index (κ3) is 1.84. The summed E-state index contributed by atoms with van der Waals surface area (Å²) in [6.07, 6.45) is 1.04. The maximum atomic E-state index is 10.8. The van der Waals surface area contributed by atoms with Gasteiger partial charge >= 0.3 is 5.97 Å². The van der Waals surface area contributed by atoms with Gasteiger partial charge in [0.1, 0.15) is 6.29 Å². The predicted octanol–water partition coefficient (Wildman–Crippen LogP) is 1.71. The summed E-state index contributed by atoms with van der Waals surface area (Å²) in [5.41, 5.74) is -1.37. The molecule has 3 nitrogen and oxygen atoms in total. The van der Waals surface area contributed by atoms with Gasteiger partial charge in [-0.2, -0.15) is 0 Å². The van der Waals surface area contributed by atoms with Crippen LogP contribution in [0.25, 0.3) is 0 Å². The topological polar surface area (TPSA) is 54.4 Å². The van der Waals surface area contributed by atoms with Crippen LogP contribution in [-0.4, -0.2) is 17.4 Å². The molecular weight excluding hydrogens is 156 g/mol. The van der Waals surface area contributed by atoms with Crippen LogP contribution in [-0.2, 0) is 9.59 Å². The maximum Gasteiger partial charge on any atom is 0.309 e. The molecule has 0 aromatic heterocycles. The van der Waals surface area contributed by atoms with Crippen molar-refractivity contribution in [3.63, 3.8) is 0 Å². The van der Waals surface area contributed by atoms with Crippen molar-refractivity contribution in [3.8, 4) is 0 Å². The second kappa shape index (κ2) is 3.25. The Hall–Kier alpha value is -0.860. The van der Waals surface area contributed by atoms with E-state index in [0.717, 1.165) is 6.29 Å². The van der Waals surface area contributed by atoms with Gasteiger partial charge < -0.3 is 9.90 Å². The number of aliphatic carboxylic acids is 1. The Morgan fingerprint density at radius 1 is 1.33 bits per heavy atom. The lowest BCUT2D eigenvalue weighted by Crippen LogP contribution is -2.39. The second-order valence-corrected chi connectivity index (χ2v) is 4.18. The summed E-state index contributed by atoms with van der Waals surface area (Å²) >= 11 is 0. The molecule has 0 atom stereocenters. The number of carbonyl (C=O) groups is 2. The smallest absolute Gasteiger partial charge is 0.309 e. The van der Waals surface area contributed by atoms with Crippen LogP contribution in [0.15, 0.2) is 0 Å². The van der Waals surface area contributed by atoms with Gasteiger partial charge in [0.15, 0.2) is 0 Å². The monoisotopic (exact) mass is 172 g/mol. The first-order valence-corrected chi connectivity index (χ1v) is 3.93. The van der Waals surface area contributed by atoms with Gasteiger partial charge in [0.2, 0.25) is 0 Å². The van der Waals surface area contributed by atoms with Crippen LogP contribution in [0.4, 0.5) is 0 Å². The second-order valence-electron chi connectivity index (χ2n) is 4.18. The summed E-state index contributed by atoms with van der Waals surface area (Å²) < 4.78 is 0. The van der Waals surface area contributed by atoms with Crippen LogP contribution in [0, 0.1) is 10.8 Å². The van der Waals surface area contributed by atoms with Gasteiger partial charge in [0.25, 0.3) is 0 Å². The van der Waals surface area contributed by atoms with Gasteiger partial charge in [-0.15, -0.1) is 0 Å². The highest BCUT2D eigenvalue weighted by Crippen LogP contribution is 2.40. The summed E-state index contributed by atoms with van der Waals surface area (Å²) in [6.45, 7) is 6.85. The van der Waals surface area contributed by atoms with E-state index in [1.807, 2.05) is 0 Å². The van der Waals surface area contributed by atoms with Crippen LogP contribution in [0.3, 0.4) is 0 Å². The molecule has 3 heteroatoms. The summed E-state index contributed by atoms with van der Waals surface area (Å²) in [5, 5.41) is 8.89. The first kappa shape index (κ1) is 11.1. The first-order valence-electron chi connectivity index (χ1n) is 3.93. The predicted molar refractivity (Wildman–Crippen MR) is 45.9 cm³/mol. The molecule has 0 saturated heterocycles. The standard InChI is InChI=1S/C9H16O3/c1-8(2,5-6-10)9(3,4)7(11)12/h6H,5H2,1-4H3,(H,11,12). The van der Waals surface area contributed by atoms with E-state index in [0.29, 0.717) is 0 Å². The summed E-state index contributed by atoms with van der Waals surface area (Å²) in [4.78, 5) is 21.1. The molecule has 0 radical (unpaired) electrons. The highest BCUT2D eigenvalue weighted by Gasteiger charge is 2.42. The molecule has 0 heterocycles. The first-order chi connectivity index (χ1) is 5.25. The fourth-order valence-corrected chi connectivity index (χ4v) is 0.753. The number of carboxylic acid groups (broad SMARTS) is 1. The Kier molecular flexibility index (Phi) is 3.02. The fraction of sp³-hybridized carbons (Fsp3) is 0.778. The summed E-state index contributed by atoms with van der Waals surface area (Å²) in [5.74, 6) is -0.866. The van der Waals surface area contributed by atoms with Crippen LogP contribution < -0.4 is 0 Å². The Morgan fingerprint density at radius 3 is 2.00 bits per heavy atom. The van der Waals surface area contributed by atoms with E-state index >= 15 is 0 Å². The van der Waals surface area contributed by atoms with Gasteiger partial charge in [0.05, 0.1) is 5.41 Å². The number of aldehydes is 1. The third-order valence-corrected chi connectivity index (χ3v) is 2.82. The molecule has 0 fully saturated rings. The average Bonchev–Trinajstić information content (AvgIpc) is 1.86. The molecule has 0 aliphatic rings. The van der Waals surface area contributed by atoms with E-state index < -0.39 is 16.8 Å². The minimum atomic E-state index is -0.867. The van der Waals surface area contributed by atoms with E-state index in [2.05, 4.69) is 0 Å². The summed E-state index contributed by atoms with van der Waals surface area (Å²) in [7, 11) is 0. The molecule has 0 rings (SSSR count). The Bertz CT molecular complexity index is 192. The molecule has 0 unspecified atom stereocenters. The van der Waals surface area contributed by atoms with E-state index in [-0.39, 0.29) is 6.42 Å². The molecule has 0 aromatic rings. The van der Waals surface area contributed by atoms with E-state index in [1.54, 1.807) is 27.7 Å². The molecule has 0 aliphatic heterocycles. The number of hydrogen-bond donors (Lipinski definition) is 1. The Balaban J connectivity index is 4.73. The zero-order valence-corrected chi connectivity index (χ0v) is 8.05. The lowest BCUT2D eigenvalue weighted by atomic mass is 9.66. The van der Waals surface area contributed by atoms with E-state index in [9.17, 15) is 9.59 Å². The fourth-order valence-electron chi connectivity index (χ4n) is 0.753. The lowest BCUT2D eigenvalue weighted by molar-refractivity contribution is -0.154. The van der Waals surface area contributed by atoms with Crippen molar-refractivity contribution in [1.82, 2.24) is 0 Å². The molecular formula is C9H16O3. The number of carbonyl (C=O) groups excluding carboxylic acids is 1. The minimum absolute atomic E-state index is 0.270. The largest absolute Gasteiger partial charge is 0.481 e. The quantitative estimate of drug-likeness (QED) is 0.657. The van der Waals surface area contributed by atoms with Crippen LogP contribution in [0.1, 0.15) is 34.1 Å². The molecule has 1 N–H and O–H groups in total. The zero-order chi connectivity index (χ0) is 9.99. The highest BCUT2D eigenvalue weighted by atomic mass is 16.4. The van der Waals surface area contributed by atoms with Crippen molar-refractivity contribution in [3.05, 3.63) is 0 Å². The highest BCUT2D eigenvalue weighted by molar-refractivity contribution is 5.75. The Labute approximate surface area is 72.8 Å². The average molecular weight is 172 g/mol. The third-order valence-electron chi connectivity index (χ3n) is 2.82. The molecule has 0 aliphatic carbocycles. The molecule has 0 amide bonds. The van der Waals surface area contributed by atoms with E-state index in [1.165, 1.54) is 0 Å². The normalized spacial score (nSPS) is 12.7. The van der Waals surface area contributed by atoms with E-state index in [4.69, 9.17) is 5.11 Å². The van der Waals surface area contributed by atoms with Crippen molar-refractivity contribution in [1.29, 1.82) is 0 Å². The van der Waals surface area contributed by atoms with Gasteiger partial charge in [-0.3, -0.25) is 4.79 Å². The number of hydrogen-bond acceptors (Lipinski definition) is 2. The van der Waals surface area contributed by atoms with Crippen LogP contribution in [0.2, 0.25) is 0 Å². The molecule has 0 aromatic carbocycles. The van der Waals surface area contributed by atoms with Crippen LogP contribution in [0.5, 0.6) is 0 Å². The molecule has 0 spiro atoms. The maximum absolute atomic E-state index is 10.8. The zero-order valence-electron chi connectivity index (χ0n) is 8.05. The Morgan fingerprint density at radius 2 is 1.75 bits per heavy atom. The summed E-state index contributed by atoms with van der Waals surface area (Å²) in [6, 6.07) is 0. The van der Waals surface area contributed by atoms with Gasteiger partial charge in [-0.05, 0) is 19.3 Å². The van der Waals surface area contributed by atoms with Crippen molar-refractivity contribution < 1.29 is 14.7 Å². The minimum Gasteiger partial charge on any atom is -0.481 e. The molecule has 0 bridgehead atoms. The van der Waals surface area contributed by atoms with Crippen molar-refractivity contribution in [2.75, 3.05) is 0 Å². The number of carboxylic acids is 1. The van der Waals surface area contributed by atoms with Gasteiger partial charge in [0, 0.05) is 6.42 Å². The van der Waals surface area contributed by atoms with Gasteiger partial charge in [-0.1, -0.05) is 13.8 Å².